The van der Waals surface area contributed by atoms with Crippen molar-refractivity contribution in [1.29, 1.82) is 0 Å². The number of hydrogen-bond acceptors (Lipinski definition) is 5. The topological polar surface area (TPSA) is 64.7 Å². The first kappa shape index (κ1) is 16.7. The number of benzene rings is 1. The molecule has 1 aliphatic rings. The van der Waals surface area contributed by atoms with Gasteiger partial charge in [-0.25, -0.2) is 14.4 Å². The predicted octanol–water partition coefficient (Wildman–Crippen LogP) is 4.27. The fourth-order valence-corrected chi connectivity index (χ4v) is 3.27. The second-order valence-electron chi connectivity index (χ2n) is 6.45. The van der Waals surface area contributed by atoms with Crippen molar-refractivity contribution in [2.45, 2.75) is 37.5 Å². The molecule has 4 rings (SSSR count). The van der Waals surface area contributed by atoms with E-state index in [0.717, 1.165) is 24.8 Å². The van der Waals surface area contributed by atoms with Crippen molar-refractivity contribution in [2.24, 2.45) is 0 Å². The molecule has 3 aromatic rings. The van der Waals surface area contributed by atoms with Crippen LogP contribution in [0.1, 0.15) is 43.0 Å². The smallest absolute Gasteiger partial charge is 0.314 e. The highest BCUT2D eigenvalue weighted by Crippen LogP contribution is 2.45. The Hall–Kier alpha value is -2.77. The molecule has 134 valence electrons. The lowest BCUT2D eigenvalue weighted by atomic mass is 9.62. The van der Waals surface area contributed by atoms with E-state index in [9.17, 15) is 13.2 Å². The maximum absolute atomic E-state index is 13.2. The van der Waals surface area contributed by atoms with Crippen LogP contribution in [-0.4, -0.2) is 20.2 Å². The molecule has 0 bridgehead atoms. The van der Waals surface area contributed by atoms with E-state index in [1.807, 2.05) is 12.1 Å². The van der Waals surface area contributed by atoms with Gasteiger partial charge in [-0.2, -0.15) is 8.78 Å². The molecule has 2 heterocycles. The Kier molecular flexibility index (Phi) is 4.18. The van der Waals surface area contributed by atoms with Crippen molar-refractivity contribution in [1.82, 2.24) is 20.2 Å². The molecule has 0 unspecified atom stereocenters. The first-order chi connectivity index (χ1) is 12.6. The average Bonchev–Trinajstić information content (AvgIpc) is 3.10. The number of aromatic nitrogens is 4. The average molecular weight is 360 g/mol. The second-order valence-corrected chi connectivity index (χ2v) is 6.45. The third-order valence-electron chi connectivity index (χ3n) is 4.84. The highest BCUT2D eigenvalue weighted by atomic mass is 19.3. The van der Waals surface area contributed by atoms with Gasteiger partial charge in [0.25, 0.3) is 11.8 Å². The van der Waals surface area contributed by atoms with Gasteiger partial charge < -0.3 is 4.42 Å². The second kappa shape index (κ2) is 6.51. The SMILES string of the molecule is Fc1ccc(C2(Cc3ncc(-c4nnc(C(F)F)o4)cn3)CCC2)cc1. The lowest BCUT2D eigenvalue weighted by Crippen LogP contribution is -2.37. The zero-order valence-corrected chi connectivity index (χ0v) is 13.7. The molecule has 1 saturated carbocycles. The van der Waals surface area contributed by atoms with Gasteiger partial charge in [0.2, 0.25) is 0 Å². The molecule has 8 heteroatoms. The zero-order valence-electron chi connectivity index (χ0n) is 13.7. The number of halogens is 3. The summed E-state index contributed by atoms with van der Waals surface area (Å²) in [4.78, 5) is 8.64. The van der Waals surface area contributed by atoms with E-state index in [1.165, 1.54) is 24.5 Å². The normalized spacial score (nSPS) is 15.8. The van der Waals surface area contributed by atoms with E-state index in [2.05, 4.69) is 20.2 Å². The van der Waals surface area contributed by atoms with Gasteiger partial charge in [-0.15, -0.1) is 10.2 Å². The van der Waals surface area contributed by atoms with E-state index < -0.39 is 12.3 Å². The summed E-state index contributed by atoms with van der Waals surface area (Å²) in [6.45, 7) is 0. The molecule has 2 aromatic heterocycles. The van der Waals surface area contributed by atoms with Gasteiger partial charge in [0, 0.05) is 24.2 Å². The van der Waals surface area contributed by atoms with Gasteiger partial charge in [-0.05, 0) is 30.5 Å². The monoisotopic (exact) mass is 360 g/mol. The largest absolute Gasteiger partial charge is 0.415 e. The van der Waals surface area contributed by atoms with Crippen LogP contribution < -0.4 is 0 Å². The summed E-state index contributed by atoms with van der Waals surface area (Å²) in [5, 5.41) is 6.87. The Morgan fingerprint density at radius 1 is 1.04 bits per heavy atom. The van der Waals surface area contributed by atoms with Crippen molar-refractivity contribution < 1.29 is 17.6 Å². The van der Waals surface area contributed by atoms with E-state index in [-0.39, 0.29) is 17.1 Å². The molecule has 0 radical (unpaired) electrons. The van der Waals surface area contributed by atoms with Crippen molar-refractivity contribution in [2.75, 3.05) is 0 Å². The van der Waals surface area contributed by atoms with Crippen molar-refractivity contribution in [3.63, 3.8) is 0 Å². The molecule has 1 aliphatic carbocycles. The lowest BCUT2D eigenvalue weighted by Gasteiger charge is -2.42. The van der Waals surface area contributed by atoms with Crippen LogP contribution in [0, 0.1) is 5.82 Å². The zero-order chi connectivity index (χ0) is 18.1. The van der Waals surface area contributed by atoms with Gasteiger partial charge in [0.15, 0.2) is 0 Å². The molecule has 0 aliphatic heterocycles. The molecule has 26 heavy (non-hydrogen) atoms. The van der Waals surface area contributed by atoms with Crippen molar-refractivity contribution in [3.8, 4) is 11.5 Å². The highest BCUT2D eigenvalue weighted by Gasteiger charge is 2.39. The third kappa shape index (κ3) is 3.07. The minimum atomic E-state index is -2.81. The van der Waals surface area contributed by atoms with E-state index in [0.29, 0.717) is 17.8 Å². The van der Waals surface area contributed by atoms with Crippen LogP contribution in [0.15, 0.2) is 41.1 Å². The molecule has 1 aromatic carbocycles. The van der Waals surface area contributed by atoms with Crippen LogP contribution in [0.2, 0.25) is 0 Å². The minimum absolute atomic E-state index is 0.0382. The molecule has 1 fully saturated rings. The number of alkyl halides is 2. The fraction of sp³-hybridized carbons (Fsp3) is 0.333. The van der Waals surface area contributed by atoms with Crippen LogP contribution in [0.3, 0.4) is 0 Å². The molecule has 0 atom stereocenters. The van der Waals surface area contributed by atoms with Crippen molar-refractivity contribution in [3.05, 3.63) is 59.8 Å². The predicted molar refractivity (Wildman–Crippen MR) is 85.9 cm³/mol. The fourth-order valence-electron chi connectivity index (χ4n) is 3.27. The Morgan fingerprint density at radius 3 is 2.27 bits per heavy atom. The molecule has 0 saturated heterocycles. The highest BCUT2D eigenvalue weighted by molar-refractivity contribution is 5.48. The maximum atomic E-state index is 13.2. The molecule has 5 nitrogen and oxygen atoms in total. The van der Waals surface area contributed by atoms with E-state index in [1.54, 1.807) is 0 Å². The minimum Gasteiger partial charge on any atom is -0.415 e. The Bertz CT molecular complexity index is 890. The number of rotatable bonds is 5. The molecule has 0 N–H and O–H groups in total. The Morgan fingerprint density at radius 2 is 1.73 bits per heavy atom. The van der Waals surface area contributed by atoms with Crippen LogP contribution in [0.4, 0.5) is 13.2 Å². The molecular formula is C18H15F3N4O. The van der Waals surface area contributed by atoms with Crippen LogP contribution in [0.25, 0.3) is 11.5 Å². The van der Waals surface area contributed by atoms with E-state index in [4.69, 9.17) is 4.42 Å². The van der Waals surface area contributed by atoms with Crippen molar-refractivity contribution >= 4 is 0 Å². The summed E-state index contributed by atoms with van der Waals surface area (Å²) in [7, 11) is 0. The summed E-state index contributed by atoms with van der Waals surface area (Å²) in [6.07, 6.45) is 3.88. The molecular weight excluding hydrogens is 345 g/mol. The first-order valence-electron chi connectivity index (χ1n) is 8.25. The number of nitrogens with zero attached hydrogens (tertiary/aromatic N) is 4. The van der Waals surface area contributed by atoms with Crippen LogP contribution in [-0.2, 0) is 11.8 Å². The standard InChI is InChI=1S/C18H15F3N4O/c19-13-4-2-12(3-5-13)18(6-1-7-18)8-14-22-9-11(10-23-14)16-24-25-17(26-16)15(20)21/h2-5,9-10,15H,1,6-8H2. The lowest BCUT2D eigenvalue weighted by molar-refractivity contribution is 0.116. The maximum Gasteiger partial charge on any atom is 0.314 e. The molecule has 0 spiro atoms. The van der Waals surface area contributed by atoms with Gasteiger partial charge in [0.05, 0.1) is 5.56 Å². The van der Waals surface area contributed by atoms with Gasteiger partial charge in [-0.1, -0.05) is 18.6 Å². The van der Waals surface area contributed by atoms with E-state index >= 15 is 0 Å². The quantitative estimate of drug-likeness (QED) is 0.680. The van der Waals surface area contributed by atoms with Crippen LogP contribution >= 0.6 is 0 Å². The Balaban J connectivity index is 1.54. The summed E-state index contributed by atoms with van der Waals surface area (Å²) in [5.41, 5.74) is 1.39. The first-order valence-corrected chi connectivity index (χ1v) is 8.25. The van der Waals surface area contributed by atoms with Gasteiger partial charge >= 0.3 is 6.43 Å². The van der Waals surface area contributed by atoms with Gasteiger partial charge in [0.1, 0.15) is 11.6 Å². The summed E-state index contributed by atoms with van der Waals surface area (Å²) in [5.74, 6) is -0.393. The Labute approximate surface area is 147 Å². The summed E-state index contributed by atoms with van der Waals surface area (Å²) >= 11 is 0. The van der Waals surface area contributed by atoms with Gasteiger partial charge in [-0.3, -0.25) is 0 Å². The number of hydrogen-bond donors (Lipinski definition) is 0. The summed E-state index contributed by atoms with van der Waals surface area (Å²) in [6, 6.07) is 6.56. The molecule has 0 amide bonds. The van der Waals surface area contributed by atoms with Crippen LogP contribution in [0.5, 0.6) is 0 Å². The summed E-state index contributed by atoms with van der Waals surface area (Å²) < 4.78 is 43.1. The third-order valence-corrected chi connectivity index (χ3v) is 4.84.